The van der Waals surface area contributed by atoms with Crippen LogP contribution >= 0.6 is 0 Å². The number of amides is 1. The molecule has 18 heavy (non-hydrogen) atoms. The molecule has 1 aliphatic rings. The number of rotatable bonds is 3. The van der Waals surface area contributed by atoms with E-state index in [0.29, 0.717) is 18.7 Å². The zero-order valence-electron chi connectivity index (χ0n) is 9.72. The van der Waals surface area contributed by atoms with E-state index in [-0.39, 0.29) is 11.9 Å². The van der Waals surface area contributed by atoms with Crippen molar-refractivity contribution in [1.29, 1.82) is 0 Å². The summed E-state index contributed by atoms with van der Waals surface area (Å²) >= 11 is 0. The van der Waals surface area contributed by atoms with Gasteiger partial charge in [-0.2, -0.15) is 4.39 Å². The van der Waals surface area contributed by atoms with E-state index in [1.807, 2.05) is 0 Å². The van der Waals surface area contributed by atoms with Gasteiger partial charge >= 0.3 is 5.69 Å². The lowest BCUT2D eigenvalue weighted by atomic mass is 10.2. The Morgan fingerprint density at radius 1 is 1.56 bits per heavy atom. The first-order valence-corrected chi connectivity index (χ1v) is 5.47. The molecule has 1 fully saturated rings. The SMILES string of the molecule is CNC1CCN(c2ccc([N+](=O)[O-])c(F)c2)C1=O. The summed E-state index contributed by atoms with van der Waals surface area (Å²) in [5.74, 6) is -1.08. The van der Waals surface area contributed by atoms with E-state index in [1.54, 1.807) is 7.05 Å². The number of anilines is 1. The molecule has 1 unspecified atom stereocenters. The monoisotopic (exact) mass is 253 g/mol. The second kappa shape index (κ2) is 4.69. The summed E-state index contributed by atoms with van der Waals surface area (Å²) in [4.78, 5) is 23.0. The molecule has 2 rings (SSSR count). The minimum atomic E-state index is -0.932. The fourth-order valence-corrected chi connectivity index (χ4v) is 2.02. The lowest BCUT2D eigenvalue weighted by molar-refractivity contribution is -0.387. The summed E-state index contributed by atoms with van der Waals surface area (Å²) in [6.07, 6.45) is 0.633. The second-order valence-electron chi connectivity index (χ2n) is 4.01. The largest absolute Gasteiger partial charge is 0.311 e. The van der Waals surface area contributed by atoms with Crippen LogP contribution in [0.25, 0.3) is 0 Å². The minimum absolute atomic E-state index is 0.147. The fourth-order valence-electron chi connectivity index (χ4n) is 2.02. The van der Waals surface area contributed by atoms with Crippen LogP contribution in [0.1, 0.15) is 6.42 Å². The molecule has 0 aromatic heterocycles. The molecule has 1 aromatic carbocycles. The summed E-state index contributed by atoms with van der Waals surface area (Å²) < 4.78 is 13.5. The first kappa shape index (κ1) is 12.4. The molecule has 0 spiro atoms. The average Bonchev–Trinajstić information content (AvgIpc) is 2.69. The van der Waals surface area contributed by atoms with Gasteiger partial charge in [-0.3, -0.25) is 14.9 Å². The number of carbonyl (C=O) groups is 1. The highest BCUT2D eigenvalue weighted by Gasteiger charge is 2.32. The zero-order valence-corrected chi connectivity index (χ0v) is 9.72. The molecule has 0 radical (unpaired) electrons. The molecule has 1 saturated heterocycles. The van der Waals surface area contributed by atoms with Crippen LogP contribution in [0.4, 0.5) is 15.8 Å². The molecule has 1 amide bonds. The number of benzene rings is 1. The third-order valence-corrected chi connectivity index (χ3v) is 2.99. The van der Waals surface area contributed by atoms with E-state index < -0.39 is 16.4 Å². The second-order valence-corrected chi connectivity index (χ2v) is 4.01. The molecule has 1 aliphatic heterocycles. The van der Waals surface area contributed by atoms with E-state index in [4.69, 9.17) is 0 Å². The number of nitrogens with one attached hydrogen (secondary N) is 1. The van der Waals surface area contributed by atoms with Crippen LogP contribution in [0.3, 0.4) is 0 Å². The van der Waals surface area contributed by atoms with Crippen molar-refractivity contribution in [1.82, 2.24) is 5.32 Å². The average molecular weight is 253 g/mol. The maximum absolute atomic E-state index is 13.5. The Morgan fingerprint density at radius 3 is 2.78 bits per heavy atom. The molecule has 96 valence electrons. The Bertz CT molecular complexity index is 506. The quantitative estimate of drug-likeness (QED) is 0.645. The maximum Gasteiger partial charge on any atom is 0.304 e. The van der Waals surface area contributed by atoms with Crippen molar-refractivity contribution in [3.05, 3.63) is 34.1 Å². The van der Waals surface area contributed by atoms with E-state index in [9.17, 15) is 19.3 Å². The van der Waals surface area contributed by atoms with Crippen molar-refractivity contribution in [2.75, 3.05) is 18.5 Å². The topological polar surface area (TPSA) is 75.5 Å². The number of nitro groups is 1. The van der Waals surface area contributed by atoms with Gasteiger partial charge in [-0.05, 0) is 19.5 Å². The van der Waals surface area contributed by atoms with Crippen LogP contribution in [-0.2, 0) is 4.79 Å². The Kier molecular flexibility index (Phi) is 3.24. The van der Waals surface area contributed by atoms with Crippen LogP contribution in [-0.4, -0.2) is 30.5 Å². The smallest absolute Gasteiger partial charge is 0.304 e. The highest BCUT2D eigenvalue weighted by molar-refractivity contribution is 5.99. The van der Waals surface area contributed by atoms with E-state index in [0.717, 1.165) is 12.1 Å². The van der Waals surface area contributed by atoms with Crippen LogP contribution in [0.5, 0.6) is 0 Å². The Balaban J connectivity index is 2.28. The Hall–Kier alpha value is -2.02. The predicted molar refractivity (Wildman–Crippen MR) is 62.9 cm³/mol. The van der Waals surface area contributed by atoms with Gasteiger partial charge in [-0.25, -0.2) is 0 Å². The fraction of sp³-hybridized carbons (Fsp3) is 0.364. The van der Waals surface area contributed by atoms with Gasteiger partial charge in [0.25, 0.3) is 0 Å². The molecule has 0 bridgehead atoms. The molecular formula is C11H12FN3O3. The number of nitro benzene ring substituents is 1. The molecule has 7 heteroatoms. The van der Waals surface area contributed by atoms with Gasteiger partial charge in [0.15, 0.2) is 0 Å². The molecule has 0 aliphatic carbocycles. The first-order valence-electron chi connectivity index (χ1n) is 5.47. The van der Waals surface area contributed by atoms with Crippen molar-refractivity contribution in [2.45, 2.75) is 12.5 Å². The summed E-state index contributed by atoms with van der Waals surface area (Å²) in [6, 6.07) is 3.21. The summed E-state index contributed by atoms with van der Waals surface area (Å²) in [5.41, 5.74) is -0.239. The highest BCUT2D eigenvalue weighted by Crippen LogP contribution is 2.26. The van der Waals surface area contributed by atoms with Crippen LogP contribution in [0.15, 0.2) is 18.2 Å². The van der Waals surface area contributed by atoms with Crippen LogP contribution < -0.4 is 10.2 Å². The predicted octanol–water partition coefficient (Wildman–Crippen LogP) is 1.06. The molecule has 6 nitrogen and oxygen atoms in total. The van der Waals surface area contributed by atoms with E-state index in [1.165, 1.54) is 11.0 Å². The summed E-state index contributed by atoms with van der Waals surface area (Å²) in [6.45, 7) is 0.474. The first-order chi connectivity index (χ1) is 8.54. The number of hydrogen-bond donors (Lipinski definition) is 1. The molecule has 1 N–H and O–H groups in total. The number of likely N-dealkylation sites (N-methyl/N-ethyl adjacent to an activating group) is 1. The van der Waals surface area contributed by atoms with Gasteiger partial charge in [0, 0.05) is 24.4 Å². The molecule has 0 saturated carbocycles. The van der Waals surface area contributed by atoms with Gasteiger partial charge in [0.2, 0.25) is 11.7 Å². The number of halogens is 1. The Labute approximate surface area is 103 Å². The van der Waals surface area contributed by atoms with Crippen molar-refractivity contribution < 1.29 is 14.1 Å². The van der Waals surface area contributed by atoms with Gasteiger partial charge in [-0.1, -0.05) is 0 Å². The van der Waals surface area contributed by atoms with Crippen molar-refractivity contribution in [3.63, 3.8) is 0 Å². The van der Waals surface area contributed by atoms with Crippen molar-refractivity contribution in [3.8, 4) is 0 Å². The van der Waals surface area contributed by atoms with Gasteiger partial charge in [0.1, 0.15) is 0 Å². The molecule has 1 atom stereocenters. The molecular weight excluding hydrogens is 241 g/mol. The maximum atomic E-state index is 13.5. The summed E-state index contributed by atoms with van der Waals surface area (Å²) in [5, 5.41) is 13.4. The normalized spacial score (nSPS) is 19.3. The van der Waals surface area contributed by atoms with Crippen LogP contribution in [0, 0.1) is 15.9 Å². The highest BCUT2D eigenvalue weighted by atomic mass is 19.1. The van der Waals surface area contributed by atoms with Gasteiger partial charge in [-0.15, -0.1) is 0 Å². The summed E-state index contributed by atoms with van der Waals surface area (Å²) in [7, 11) is 1.68. The standard InChI is InChI=1S/C11H12FN3O3/c1-13-9-4-5-14(11(9)16)7-2-3-10(15(17)18)8(12)6-7/h2-3,6,9,13H,4-5H2,1H3. The van der Waals surface area contributed by atoms with Crippen LogP contribution in [0.2, 0.25) is 0 Å². The van der Waals surface area contributed by atoms with Crippen molar-refractivity contribution in [2.24, 2.45) is 0 Å². The minimum Gasteiger partial charge on any atom is -0.311 e. The number of nitrogens with zero attached hydrogens (tertiary/aromatic N) is 2. The lowest BCUT2D eigenvalue weighted by Crippen LogP contribution is -2.36. The Morgan fingerprint density at radius 2 is 2.28 bits per heavy atom. The zero-order chi connectivity index (χ0) is 13.3. The third-order valence-electron chi connectivity index (χ3n) is 2.99. The van der Waals surface area contributed by atoms with E-state index >= 15 is 0 Å². The molecule has 1 heterocycles. The van der Waals surface area contributed by atoms with Gasteiger partial charge < -0.3 is 10.2 Å². The lowest BCUT2D eigenvalue weighted by Gasteiger charge is -2.16. The third kappa shape index (κ3) is 2.04. The number of carbonyl (C=O) groups excluding carboxylic acids is 1. The van der Waals surface area contributed by atoms with Gasteiger partial charge in [0.05, 0.1) is 11.0 Å². The number of hydrogen-bond acceptors (Lipinski definition) is 4. The van der Waals surface area contributed by atoms with Crippen molar-refractivity contribution >= 4 is 17.3 Å². The van der Waals surface area contributed by atoms with E-state index in [2.05, 4.69) is 5.32 Å². The molecule has 1 aromatic rings.